The molecule has 0 bridgehead atoms. The summed E-state index contributed by atoms with van der Waals surface area (Å²) in [4.78, 5) is 19.3. The van der Waals surface area contributed by atoms with Gasteiger partial charge >= 0.3 is 0 Å². The van der Waals surface area contributed by atoms with Crippen molar-refractivity contribution in [3.8, 4) is 17.6 Å². The van der Waals surface area contributed by atoms with Gasteiger partial charge in [-0.15, -0.1) is 11.3 Å². The van der Waals surface area contributed by atoms with Crippen molar-refractivity contribution in [1.29, 1.82) is 5.26 Å². The molecule has 1 saturated heterocycles. The SMILES string of the molecule is COc1cccc(OC2C(=O)N(CCc3csc(C)n3)C2c2ccc(C#N)cc2)c1. The number of benzene rings is 2. The van der Waals surface area contributed by atoms with Crippen LogP contribution in [0.4, 0.5) is 0 Å². The van der Waals surface area contributed by atoms with E-state index in [2.05, 4.69) is 11.1 Å². The first kappa shape index (κ1) is 19.9. The van der Waals surface area contributed by atoms with Crippen molar-refractivity contribution in [2.75, 3.05) is 13.7 Å². The highest BCUT2D eigenvalue weighted by molar-refractivity contribution is 7.09. The topological polar surface area (TPSA) is 75.5 Å². The Morgan fingerprint density at radius 3 is 2.63 bits per heavy atom. The van der Waals surface area contributed by atoms with Gasteiger partial charge in [-0.05, 0) is 36.8 Å². The zero-order valence-electron chi connectivity index (χ0n) is 16.7. The predicted molar refractivity (Wildman–Crippen MR) is 114 cm³/mol. The van der Waals surface area contributed by atoms with Gasteiger partial charge in [0.15, 0.2) is 0 Å². The Morgan fingerprint density at radius 2 is 1.97 bits per heavy atom. The molecular weight excluding hydrogens is 398 g/mol. The molecule has 1 fully saturated rings. The molecule has 0 saturated carbocycles. The van der Waals surface area contributed by atoms with Crippen LogP contribution in [0.25, 0.3) is 0 Å². The number of hydrogen-bond acceptors (Lipinski definition) is 6. The monoisotopic (exact) mass is 419 g/mol. The number of thiazole rings is 1. The number of methoxy groups -OCH3 is 1. The van der Waals surface area contributed by atoms with E-state index >= 15 is 0 Å². The Balaban J connectivity index is 1.56. The van der Waals surface area contributed by atoms with E-state index in [4.69, 9.17) is 14.7 Å². The number of aromatic nitrogens is 1. The van der Waals surface area contributed by atoms with E-state index in [0.29, 0.717) is 30.0 Å². The van der Waals surface area contributed by atoms with Crippen LogP contribution in [0, 0.1) is 18.3 Å². The van der Waals surface area contributed by atoms with Crippen molar-refractivity contribution in [2.45, 2.75) is 25.5 Å². The third-order valence-electron chi connectivity index (χ3n) is 5.11. The van der Waals surface area contributed by atoms with Crippen molar-refractivity contribution in [3.05, 3.63) is 75.7 Å². The Hall–Kier alpha value is -3.37. The number of ether oxygens (including phenoxy) is 2. The lowest BCUT2D eigenvalue weighted by Gasteiger charge is -2.46. The number of hydrogen-bond donors (Lipinski definition) is 0. The highest BCUT2D eigenvalue weighted by Gasteiger charge is 2.49. The van der Waals surface area contributed by atoms with Crippen molar-refractivity contribution >= 4 is 17.2 Å². The molecule has 0 radical (unpaired) electrons. The lowest BCUT2D eigenvalue weighted by atomic mass is 9.89. The summed E-state index contributed by atoms with van der Waals surface area (Å²) < 4.78 is 11.3. The van der Waals surface area contributed by atoms with Crippen LogP contribution in [0.15, 0.2) is 53.9 Å². The number of nitrogens with zero attached hydrogens (tertiary/aromatic N) is 3. The zero-order valence-corrected chi connectivity index (χ0v) is 17.6. The highest BCUT2D eigenvalue weighted by Crippen LogP contribution is 2.38. The van der Waals surface area contributed by atoms with Gasteiger partial charge in [0, 0.05) is 24.4 Å². The molecule has 30 heavy (non-hydrogen) atoms. The Kier molecular flexibility index (Phi) is 5.68. The van der Waals surface area contributed by atoms with Crippen LogP contribution in [-0.2, 0) is 11.2 Å². The van der Waals surface area contributed by atoms with E-state index in [1.807, 2.05) is 47.5 Å². The molecule has 2 unspecified atom stereocenters. The number of carbonyl (C=O) groups excluding carboxylic acids is 1. The average Bonchev–Trinajstić information content (AvgIpc) is 3.20. The molecule has 4 rings (SSSR count). The lowest BCUT2D eigenvalue weighted by Crippen LogP contribution is -2.61. The quantitative estimate of drug-likeness (QED) is 0.543. The standard InChI is InChI=1S/C23H21N3O3S/c1-15-25-18(14-30-15)10-11-26-21(17-8-6-16(13-24)7-9-17)22(23(26)27)29-20-5-3-4-19(12-20)28-2/h3-9,12,14,21-22H,10-11H2,1-2H3. The molecule has 0 N–H and O–H groups in total. The number of amides is 1. The summed E-state index contributed by atoms with van der Waals surface area (Å²) >= 11 is 1.61. The second kappa shape index (κ2) is 8.56. The predicted octanol–water partition coefficient (Wildman–Crippen LogP) is 3.91. The molecule has 1 amide bonds. The van der Waals surface area contributed by atoms with Crippen molar-refractivity contribution in [1.82, 2.24) is 9.88 Å². The van der Waals surface area contributed by atoms with Gasteiger partial charge in [0.25, 0.3) is 5.91 Å². The minimum Gasteiger partial charge on any atom is -0.497 e. The van der Waals surface area contributed by atoms with E-state index in [1.165, 1.54) is 0 Å². The summed E-state index contributed by atoms with van der Waals surface area (Å²) in [6.45, 7) is 2.53. The average molecular weight is 420 g/mol. The molecule has 152 valence electrons. The van der Waals surface area contributed by atoms with Crippen LogP contribution in [-0.4, -0.2) is 35.5 Å². The summed E-state index contributed by atoms with van der Waals surface area (Å²) in [6, 6.07) is 16.4. The second-order valence-electron chi connectivity index (χ2n) is 7.04. The number of nitriles is 1. The Labute approximate surface area is 179 Å². The third-order valence-corrected chi connectivity index (χ3v) is 5.93. The summed E-state index contributed by atoms with van der Waals surface area (Å²) in [5, 5.41) is 12.1. The number of likely N-dealkylation sites (tertiary alicyclic amines) is 1. The van der Waals surface area contributed by atoms with Gasteiger partial charge in [-0.1, -0.05) is 18.2 Å². The maximum atomic E-state index is 13.0. The van der Waals surface area contributed by atoms with Crippen LogP contribution < -0.4 is 9.47 Å². The molecule has 0 aliphatic carbocycles. The van der Waals surface area contributed by atoms with E-state index in [-0.39, 0.29) is 11.9 Å². The summed E-state index contributed by atoms with van der Waals surface area (Å²) in [7, 11) is 1.59. The van der Waals surface area contributed by atoms with E-state index < -0.39 is 6.10 Å². The van der Waals surface area contributed by atoms with E-state index in [0.717, 1.165) is 16.3 Å². The van der Waals surface area contributed by atoms with E-state index in [9.17, 15) is 4.79 Å². The van der Waals surface area contributed by atoms with Crippen LogP contribution in [0.2, 0.25) is 0 Å². The molecule has 7 heteroatoms. The summed E-state index contributed by atoms with van der Waals surface area (Å²) in [6.07, 6.45) is 0.0663. The summed E-state index contributed by atoms with van der Waals surface area (Å²) in [5.74, 6) is 1.20. The normalized spacial score (nSPS) is 17.9. The fraction of sp³-hybridized carbons (Fsp3) is 0.261. The van der Waals surface area contributed by atoms with E-state index in [1.54, 1.807) is 36.6 Å². The Morgan fingerprint density at radius 1 is 1.20 bits per heavy atom. The van der Waals surface area contributed by atoms with Crippen LogP contribution in [0.1, 0.15) is 27.9 Å². The van der Waals surface area contributed by atoms with Crippen molar-refractivity contribution in [2.24, 2.45) is 0 Å². The molecule has 2 heterocycles. The van der Waals surface area contributed by atoms with Crippen LogP contribution in [0.5, 0.6) is 11.5 Å². The fourth-order valence-electron chi connectivity index (χ4n) is 3.57. The van der Waals surface area contributed by atoms with Gasteiger partial charge in [-0.3, -0.25) is 4.79 Å². The smallest absolute Gasteiger partial charge is 0.266 e. The molecular formula is C23H21N3O3S. The van der Waals surface area contributed by atoms with Gasteiger partial charge in [0.2, 0.25) is 6.10 Å². The zero-order chi connectivity index (χ0) is 21.1. The molecule has 6 nitrogen and oxygen atoms in total. The van der Waals surface area contributed by atoms with Gasteiger partial charge in [0.05, 0.1) is 29.4 Å². The summed E-state index contributed by atoms with van der Waals surface area (Å²) in [5.41, 5.74) is 2.51. The number of aryl methyl sites for hydroxylation is 1. The third kappa shape index (κ3) is 4.00. The molecule has 1 aliphatic heterocycles. The fourth-order valence-corrected chi connectivity index (χ4v) is 4.22. The number of carbonyl (C=O) groups is 1. The number of rotatable bonds is 7. The first-order valence-corrected chi connectivity index (χ1v) is 10.5. The minimum absolute atomic E-state index is 0.0564. The lowest BCUT2D eigenvalue weighted by molar-refractivity contribution is -0.164. The molecule has 3 aromatic rings. The highest BCUT2D eigenvalue weighted by atomic mass is 32.1. The van der Waals surface area contributed by atoms with Gasteiger partial charge in [-0.25, -0.2) is 4.98 Å². The molecule has 2 aromatic carbocycles. The molecule has 2 atom stereocenters. The van der Waals surface area contributed by atoms with Crippen LogP contribution in [0.3, 0.4) is 0 Å². The largest absolute Gasteiger partial charge is 0.497 e. The van der Waals surface area contributed by atoms with Gasteiger partial charge in [0.1, 0.15) is 17.5 Å². The van der Waals surface area contributed by atoms with Crippen molar-refractivity contribution in [3.63, 3.8) is 0 Å². The van der Waals surface area contributed by atoms with Crippen molar-refractivity contribution < 1.29 is 14.3 Å². The maximum absolute atomic E-state index is 13.0. The maximum Gasteiger partial charge on any atom is 0.266 e. The number of β-lactam (4-membered cyclic amide) rings is 1. The Bertz CT molecular complexity index is 1090. The first-order valence-electron chi connectivity index (χ1n) is 9.61. The van der Waals surface area contributed by atoms with Gasteiger partial charge in [-0.2, -0.15) is 5.26 Å². The second-order valence-corrected chi connectivity index (χ2v) is 8.10. The molecule has 1 aromatic heterocycles. The molecule has 0 spiro atoms. The van der Waals surface area contributed by atoms with Crippen LogP contribution >= 0.6 is 11.3 Å². The first-order chi connectivity index (χ1) is 14.6. The molecule has 1 aliphatic rings. The van der Waals surface area contributed by atoms with Gasteiger partial charge < -0.3 is 14.4 Å². The minimum atomic E-state index is -0.623.